The van der Waals surface area contributed by atoms with E-state index in [9.17, 15) is 14.4 Å². The molecule has 0 atom stereocenters. The molecular weight excluding hydrogens is 314 g/mol. The number of nitrogens with one attached hydrogen (secondary N) is 2. The fourth-order valence-corrected chi connectivity index (χ4v) is 2.53. The first-order valence-corrected chi connectivity index (χ1v) is 7.35. The van der Waals surface area contributed by atoms with Crippen LogP contribution in [0.3, 0.4) is 0 Å². The topological polar surface area (TPSA) is 97.0 Å². The van der Waals surface area contributed by atoms with Crippen LogP contribution in [0.1, 0.15) is 19.4 Å². The molecule has 0 aromatic heterocycles. The highest BCUT2D eigenvalue weighted by molar-refractivity contribution is 6.15. The largest absolute Gasteiger partial charge is 0.419 e. The zero-order valence-corrected chi connectivity index (χ0v) is 13.5. The third-order valence-corrected chi connectivity index (χ3v) is 3.72. The van der Waals surface area contributed by atoms with E-state index in [0.717, 1.165) is 11.3 Å². The number of benzene rings is 1. The molecule has 2 aliphatic heterocycles. The van der Waals surface area contributed by atoms with Gasteiger partial charge in [-0.1, -0.05) is 6.07 Å². The third-order valence-electron chi connectivity index (χ3n) is 3.72. The van der Waals surface area contributed by atoms with Crippen LogP contribution in [0.2, 0.25) is 0 Å². The summed E-state index contributed by atoms with van der Waals surface area (Å²) < 4.78 is 10.1. The van der Waals surface area contributed by atoms with Gasteiger partial charge in [-0.15, -0.1) is 0 Å². The Morgan fingerprint density at radius 1 is 1.21 bits per heavy atom. The Hall–Kier alpha value is -3.03. The summed E-state index contributed by atoms with van der Waals surface area (Å²) in [6.45, 7) is 3.31. The summed E-state index contributed by atoms with van der Waals surface area (Å²) in [5.41, 5.74) is 2.03. The second-order valence-corrected chi connectivity index (χ2v) is 5.90. The van der Waals surface area contributed by atoms with E-state index in [1.807, 2.05) is 6.07 Å². The van der Waals surface area contributed by atoms with Crippen molar-refractivity contribution in [3.8, 4) is 0 Å². The summed E-state index contributed by atoms with van der Waals surface area (Å²) in [6.07, 6.45) is 1.26. The van der Waals surface area contributed by atoms with Crippen molar-refractivity contribution in [3.05, 3.63) is 35.5 Å². The molecule has 2 N–H and O–H groups in total. The lowest BCUT2D eigenvalue weighted by Gasteiger charge is -2.30. The average Bonchev–Trinajstić information content (AvgIpc) is 2.49. The molecule has 0 radical (unpaired) electrons. The van der Waals surface area contributed by atoms with Gasteiger partial charge in [0.25, 0.3) is 5.79 Å². The minimum atomic E-state index is -1.27. The number of carbonyl (C=O) groups is 3. The van der Waals surface area contributed by atoms with Crippen molar-refractivity contribution in [1.82, 2.24) is 5.32 Å². The van der Waals surface area contributed by atoms with Gasteiger partial charge in [0, 0.05) is 44.9 Å². The molecule has 1 saturated heterocycles. The van der Waals surface area contributed by atoms with Gasteiger partial charge in [0.15, 0.2) is 5.57 Å². The highest BCUT2D eigenvalue weighted by Gasteiger charge is 2.39. The van der Waals surface area contributed by atoms with Crippen LogP contribution in [0.25, 0.3) is 0 Å². The van der Waals surface area contributed by atoms with E-state index in [-0.39, 0.29) is 11.6 Å². The maximum absolute atomic E-state index is 11.9. The van der Waals surface area contributed by atoms with Crippen LogP contribution < -0.4 is 15.5 Å². The van der Waals surface area contributed by atoms with Crippen molar-refractivity contribution < 1.29 is 23.9 Å². The van der Waals surface area contributed by atoms with Crippen LogP contribution in [0.15, 0.2) is 30.0 Å². The minimum absolute atomic E-state index is 0.195. The summed E-state index contributed by atoms with van der Waals surface area (Å²) in [6, 6.07) is 5.18. The number of fused-ring (bicyclic) bond motifs is 1. The molecule has 0 spiro atoms. The van der Waals surface area contributed by atoms with Crippen LogP contribution in [-0.2, 0) is 25.6 Å². The summed E-state index contributed by atoms with van der Waals surface area (Å²) in [7, 11) is 1.66. The lowest BCUT2D eigenvalue weighted by atomic mass is 10.1. The average molecular weight is 331 g/mol. The van der Waals surface area contributed by atoms with E-state index >= 15 is 0 Å². The number of amides is 2. The van der Waals surface area contributed by atoms with Crippen molar-refractivity contribution in [1.29, 1.82) is 0 Å². The number of nitrogens with zero attached hydrogens (tertiary/aromatic N) is 1. The van der Waals surface area contributed by atoms with Crippen LogP contribution >= 0.6 is 0 Å². The Morgan fingerprint density at radius 3 is 2.54 bits per heavy atom. The standard InChI is InChI=1S/C16H17N3O5/c1-16(2)23-13(20)10(14(21)24-16)8-17-11-5-4-6-12-9(11)7-18-15(22)19(12)3/h4-6,8,17H,7H2,1-3H3,(H,18,22). The van der Waals surface area contributed by atoms with Gasteiger partial charge in [0.2, 0.25) is 0 Å². The summed E-state index contributed by atoms with van der Waals surface area (Å²) in [4.78, 5) is 37.0. The van der Waals surface area contributed by atoms with Crippen LogP contribution in [0, 0.1) is 0 Å². The Morgan fingerprint density at radius 2 is 1.88 bits per heavy atom. The van der Waals surface area contributed by atoms with Crippen LogP contribution in [0.5, 0.6) is 0 Å². The van der Waals surface area contributed by atoms with E-state index in [1.165, 1.54) is 24.9 Å². The number of hydrogen-bond acceptors (Lipinski definition) is 6. The molecule has 0 saturated carbocycles. The van der Waals surface area contributed by atoms with E-state index < -0.39 is 17.7 Å². The molecule has 0 aliphatic carbocycles. The van der Waals surface area contributed by atoms with E-state index in [1.54, 1.807) is 19.2 Å². The molecule has 2 amide bonds. The van der Waals surface area contributed by atoms with Gasteiger partial charge in [-0.25, -0.2) is 14.4 Å². The molecule has 1 aromatic rings. The Bertz CT molecular complexity index is 747. The first-order chi connectivity index (χ1) is 11.3. The molecule has 1 fully saturated rings. The number of ether oxygens (including phenoxy) is 2. The smallest absolute Gasteiger partial charge is 0.350 e. The normalized spacial score (nSPS) is 19.0. The number of hydrogen-bond donors (Lipinski definition) is 2. The molecule has 3 rings (SSSR count). The van der Waals surface area contributed by atoms with Crippen molar-refractivity contribution in [2.24, 2.45) is 0 Å². The monoisotopic (exact) mass is 331 g/mol. The lowest BCUT2D eigenvalue weighted by Crippen LogP contribution is -2.42. The van der Waals surface area contributed by atoms with Crippen molar-refractivity contribution in [3.63, 3.8) is 0 Å². The predicted molar refractivity (Wildman–Crippen MR) is 85.0 cm³/mol. The molecule has 1 aromatic carbocycles. The molecule has 2 aliphatic rings. The van der Waals surface area contributed by atoms with Gasteiger partial charge in [0.05, 0.1) is 5.69 Å². The number of cyclic esters (lactones) is 2. The molecule has 8 nitrogen and oxygen atoms in total. The zero-order chi connectivity index (χ0) is 17.5. The van der Waals surface area contributed by atoms with Gasteiger partial charge >= 0.3 is 18.0 Å². The summed E-state index contributed by atoms with van der Waals surface area (Å²) in [5.74, 6) is -2.78. The van der Waals surface area contributed by atoms with Gasteiger partial charge < -0.3 is 20.1 Å². The number of anilines is 2. The molecular formula is C16H17N3O5. The van der Waals surface area contributed by atoms with Crippen molar-refractivity contribution in [2.45, 2.75) is 26.2 Å². The minimum Gasteiger partial charge on any atom is -0.419 e. The first-order valence-electron chi connectivity index (χ1n) is 7.35. The molecule has 126 valence electrons. The predicted octanol–water partition coefficient (Wildman–Crippen LogP) is 1.48. The second-order valence-electron chi connectivity index (χ2n) is 5.90. The number of carbonyl (C=O) groups excluding carboxylic acids is 3. The Kier molecular flexibility index (Phi) is 3.67. The number of esters is 2. The van der Waals surface area contributed by atoms with E-state index in [4.69, 9.17) is 9.47 Å². The number of rotatable bonds is 2. The fraction of sp³-hybridized carbons (Fsp3) is 0.312. The maximum Gasteiger partial charge on any atom is 0.350 e. The maximum atomic E-state index is 11.9. The second kappa shape index (κ2) is 5.55. The Labute approximate surface area is 138 Å². The molecule has 0 unspecified atom stereocenters. The van der Waals surface area contributed by atoms with Crippen LogP contribution in [0.4, 0.5) is 16.2 Å². The van der Waals surface area contributed by atoms with Gasteiger partial charge in [0.1, 0.15) is 0 Å². The fourth-order valence-electron chi connectivity index (χ4n) is 2.53. The highest BCUT2D eigenvalue weighted by atomic mass is 16.7. The van der Waals surface area contributed by atoms with E-state index in [0.29, 0.717) is 12.2 Å². The molecule has 24 heavy (non-hydrogen) atoms. The third kappa shape index (κ3) is 2.78. The van der Waals surface area contributed by atoms with Crippen molar-refractivity contribution >= 4 is 29.3 Å². The van der Waals surface area contributed by atoms with Gasteiger partial charge in [-0.05, 0) is 12.1 Å². The molecule has 0 bridgehead atoms. The van der Waals surface area contributed by atoms with Gasteiger partial charge in [-0.3, -0.25) is 4.90 Å². The van der Waals surface area contributed by atoms with E-state index in [2.05, 4.69) is 10.6 Å². The van der Waals surface area contributed by atoms with Gasteiger partial charge in [-0.2, -0.15) is 0 Å². The molecule has 8 heteroatoms. The van der Waals surface area contributed by atoms with Crippen molar-refractivity contribution in [2.75, 3.05) is 17.3 Å². The summed E-state index contributed by atoms with van der Waals surface area (Å²) in [5, 5.41) is 5.66. The lowest BCUT2D eigenvalue weighted by molar-refractivity contribution is -0.222. The Balaban J connectivity index is 1.87. The quantitative estimate of drug-likeness (QED) is 0.484. The SMILES string of the molecule is CN1C(=O)NCc2c(NC=C3C(=O)OC(C)(C)OC3=O)cccc21. The summed E-state index contributed by atoms with van der Waals surface area (Å²) >= 11 is 0. The molecule has 2 heterocycles. The highest BCUT2D eigenvalue weighted by Crippen LogP contribution is 2.30. The van der Waals surface area contributed by atoms with Crippen LogP contribution in [-0.4, -0.2) is 30.8 Å². The zero-order valence-electron chi connectivity index (χ0n) is 13.5. The first kappa shape index (κ1) is 15.9. The number of urea groups is 1.